The van der Waals surface area contributed by atoms with Crippen molar-refractivity contribution in [2.24, 2.45) is 11.8 Å². The van der Waals surface area contributed by atoms with Gasteiger partial charge in [-0.15, -0.1) is 0 Å². The van der Waals surface area contributed by atoms with Crippen molar-refractivity contribution in [3.8, 4) is 5.75 Å². The number of benzene rings is 1. The highest BCUT2D eigenvalue weighted by molar-refractivity contribution is 6.01. The van der Waals surface area contributed by atoms with Crippen LogP contribution in [0.15, 0.2) is 18.2 Å². The molecule has 0 bridgehead atoms. The predicted octanol–water partition coefficient (Wildman–Crippen LogP) is 4.65. The summed E-state index contributed by atoms with van der Waals surface area (Å²) in [4.78, 5) is 63.5. The first-order valence-corrected chi connectivity index (χ1v) is 15.0. The number of phenols is 1. The molecule has 0 aromatic heterocycles. The zero-order valence-corrected chi connectivity index (χ0v) is 25.4. The van der Waals surface area contributed by atoms with Gasteiger partial charge in [0.15, 0.2) is 17.9 Å². The van der Waals surface area contributed by atoms with E-state index in [0.29, 0.717) is 19.3 Å². The Hall–Kier alpha value is -3.63. The highest BCUT2D eigenvalue weighted by Gasteiger charge is 2.44. The Balaban J connectivity index is 2.30. The summed E-state index contributed by atoms with van der Waals surface area (Å²) in [6, 6.07) is 2.73. The van der Waals surface area contributed by atoms with E-state index in [4.69, 9.17) is 14.2 Å². The topological polar surface area (TPSA) is 157 Å². The molecule has 1 heterocycles. The van der Waals surface area contributed by atoms with Crippen molar-refractivity contribution in [1.29, 1.82) is 0 Å². The van der Waals surface area contributed by atoms with E-state index in [2.05, 4.69) is 17.6 Å². The number of ether oxygens (including phenoxy) is 3. The molecule has 11 nitrogen and oxygen atoms in total. The van der Waals surface area contributed by atoms with Crippen molar-refractivity contribution in [2.45, 2.75) is 117 Å². The van der Waals surface area contributed by atoms with Crippen LogP contribution < -0.4 is 10.6 Å². The lowest BCUT2D eigenvalue weighted by molar-refractivity contribution is -0.175. The molecule has 1 aromatic carbocycles. The number of amides is 2. The van der Waals surface area contributed by atoms with Crippen molar-refractivity contribution in [1.82, 2.24) is 5.32 Å². The molecule has 0 aliphatic carbocycles. The van der Waals surface area contributed by atoms with Gasteiger partial charge in [-0.2, -0.15) is 0 Å². The van der Waals surface area contributed by atoms with Crippen molar-refractivity contribution >= 4 is 35.9 Å². The van der Waals surface area contributed by atoms with Gasteiger partial charge in [0.05, 0.1) is 17.2 Å². The van der Waals surface area contributed by atoms with E-state index in [1.165, 1.54) is 25.1 Å². The highest BCUT2D eigenvalue weighted by atomic mass is 16.6. The molecule has 2 rings (SSSR count). The fraction of sp³-hybridized carbons (Fsp3) is 0.645. The second-order valence-corrected chi connectivity index (χ2v) is 11.0. The molecule has 2 amide bonds. The monoisotopic (exact) mass is 590 g/mol. The van der Waals surface area contributed by atoms with Gasteiger partial charge in [0.1, 0.15) is 12.2 Å². The minimum Gasteiger partial charge on any atom is -0.505 e. The number of nitrogens with one attached hydrogen (secondary N) is 2. The molecule has 1 aliphatic heterocycles. The van der Waals surface area contributed by atoms with Crippen LogP contribution in [-0.2, 0) is 33.4 Å². The molecule has 234 valence electrons. The first-order chi connectivity index (χ1) is 20.0. The zero-order chi connectivity index (χ0) is 31.2. The fourth-order valence-corrected chi connectivity index (χ4v) is 4.85. The Morgan fingerprint density at radius 2 is 1.69 bits per heavy atom. The summed E-state index contributed by atoms with van der Waals surface area (Å²) in [6.07, 6.45) is 4.39. The zero-order valence-electron chi connectivity index (χ0n) is 25.4. The first kappa shape index (κ1) is 34.6. The normalized spacial score (nSPS) is 23.3. The van der Waals surface area contributed by atoms with Gasteiger partial charge in [-0.3, -0.25) is 19.2 Å². The maximum absolute atomic E-state index is 13.5. The number of carbonyl (C=O) groups is 5. The molecule has 0 spiro atoms. The summed E-state index contributed by atoms with van der Waals surface area (Å²) >= 11 is 0. The Morgan fingerprint density at radius 3 is 2.36 bits per heavy atom. The second kappa shape index (κ2) is 17.4. The molecular weight excluding hydrogens is 544 g/mol. The van der Waals surface area contributed by atoms with E-state index in [9.17, 15) is 29.1 Å². The number of unbranched alkanes of at least 4 members (excludes halogenated alkanes) is 5. The second-order valence-electron chi connectivity index (χ2n) is 11.0. The maximum atomic E-state index is 13.5. The van der Waals surface area contributed by atoms with Crippen LogP contribution in [0.2, 0.25) is 0 Å². The Labute approximate surface area is 248 Å². The highest BCUT2D eigenvalue weighted by Crippen LogP contribution is 2.29. The smallest absolute Gasteiger partial charge is 0.332 e. The molecule has 1 fully saturated rings. The molecule has 3 N–H and O–H groups in total. The summed E-state index contributed by atoms with van der Waals surface area (Å²) < 4.78 is 17.2. The van der Waals surface area contributed by atoms with Crippen LogP contribution in [0, 0.1) is 11.8 Å². The lowest BCUT2D eigenvalue weighted by atomic mass is 9.91. The molecule has 1 saturated heterocycles. The van der Waals surface area contributed by atoms with E-state index in [1.54, 1.807) is 6.92 Å². The standard InChI is InChI=1S/C31H46N2O9/c1-6-8-9-10-11-12-14-23-28(42-25(35)17-19(3)7-2)21(5)41-31(39)26(20(4)40-30(23)38)33-29(37)22-15-13-16-24(27(22)36)32-18-34/h13,15-16,18-21,23,26,28,36H,6-12,14,17H2,1-5H3,(H,32,34)(H,33,37)/t19?,20-,21+,23-,26+,28+/m1/s1. The average molecular weight is 591 g/mol. The lowest BCUT2D eigenvalue weighted by Gasteiger charge is -2.29. The molecule has 0 radical (unpaired) electrons. The lowest BCUT2D eigenvalue weighted by Crippen LogP contribution is -2.50. The number of hydrogen-bond donors (Lipinski definition) is 3. The molecule has 11 heteroatoms. The molecule has 1 aromatic rings. The first-order valence-electron chi connectivity index (χ1n) is 15.0. The van der Waals surface area contributed by atoms with Gasteiger partial charge in [-0.05, 0) is 38.3 Å². The van der Waals surface area contributed by atoms with E-state index in [0.717, 1.165) is 38.5 Å². The largest absolute Gasteiger partial charge is 0.505 e. The quantitative estimate of drug-likeness (QED) is 0.0869. The maximum Gasteiger partial charge on any atom is 0.332 e. The van der Waals surface area contributed by atoms with Crippen LogP contribution in [0.3, 0.4) is 0 Å². The molecule has 6 atom stereocenters. The third-order valence-electron chi connectivity index (χ3n) is 7.62. The van der Waals surface area contributed by atoms with Gasteiger partial charge >= 0.3 is 17.9 Å². The van der Waals surface area contributed by atoms with Crippen LogP contribution in [0.4, 0.5) is 5.69 Å². The third kappa shape index (κ3) is 10.0. The van der Waals surface area contributed by atoms with Crippen LogP contribution in [-0.4, -0.2) is 59.7 Å². The van der Waals surface area contributed by atoms with Gasteiger partial charge in [0.2, 0.25) is 6.41 Å². The minimum atomic E-state index is -1.42. The van der Waals surface area contributed by atoms with E-state index in [-0.39, 0.29) is 23.6 Å². The Bertz CT molecular complexity index is 1080. The predicted molar refractivity (Wildman–Crippen MR) is 156 cm³/mol. The number of cyclic esters (lactones) is 2. The van der Waals surface area contributed by atoms with Gasteiger partial charge in [-0.25, -0.2) is 4.79 Å². The van der Waals surface area contributed by atoms with Crippen LogP contribution in [0.25, 0.3) is 0 Å². The SMILES string of the molecule is CCCCCCCC[C@H]1C(=O)O[C@H](C)[C@H](NC(=O)c2cccc(NC=O)c2O)C(=O)O[C@@H](C)[C@@H]1OC(=O)CC(C)CC. The van der Waals surface area contributed by atoms with Crippen molar-refractivity contribution < 1.29 is 43.3 Å². The van der Waals surface area contributed by atoms with Crippen molar-refractivity contribution in [3.63, 3.8) is 0 Å². The van der Waals surface area contributed by atoms with Gasteiger partial charge in [-0.1, -0.05) is 71.8 Å². The number of carbonyl (C=O) groups excluding carboxylic acids is 5. The summed E-state index contributed by atoms with van der Waals surface area (Å²) in [6.45, 7) is 9.03. The fourth-order valence-electron chi connectivity index (χ4n) is 4.85. The summed E-state index contributed by atoms with van der Waals surface area (Å²) in [7, 11) is 0. The number of hydrogen-bond acceptors (Lipinski definition) is 9. The molecule has 0 saturated carbocycles. The minimum absolute atomic E-state index is 0.00220. The van der Waals surface area contributed by atoms with Gasteiger partial charge in [0, 0.05) is 6.42 Å². The van der Waals surface area contributed by atoms with Gasteiger partial charge < -0.3 is 30.0 Å². The van der Waals surface area contributed by atoms with Crippen LogP contribution >= 0.6 is 0 Å². The molecular formula is C31H46N2O9. The third-order valence-corrected chi connectivity index (χ3v) is 7.62. The molecule has 1 aliphatic rings. The van der Waals surface area contributed by atoms with Crippen molar-refractivity contribution in [2.75, 3.05) is 5.32 Å². The number of aromatic hydroxyl groups is 1. The summed E-state index contributed by atoms with van der Waals surface area (Å²) in [5.74, 6) is -4.17. The van der Waals surface area contributed by atoms with Crippen LogP contribution in [0.1, 0.15) is 103 Å². The Kier molecular flexibility index (Phi) is 14.3. The number of esters is 3. The van der Waals surface area contributed by atoms with Gasteiger partial charge in [0.25, 0.3) is 5.91 Å². The number of anilines is 1. The van der Waals surface area contributed by atoms with Crippen LogP contribution in [0.5, 0.6) is 5.75 Å². The summed E-state index contributed by atoms with van der Waals surface area (Å²) in [5.41, 5.74) is -0.207. The molecule has 1 unspecified atom stereocenters. The van der Waals surface area contributed by atoms with E-state index in [1.807, 2.05) is 13.8 Å². The number of phenolic OH excluding ortho intramolecular Hbond substituents is 1. The number of para-hydroxylation sites is 1. The van der Waals surface area contributed by atoms with E-state index < -0.39 is 59.8 Å². The average Bonchev–Trinajstić information content (AvgIpc) is 2.97. The van der Waals surface area contributed by atoms with Crippen molar-refractivity contribution in [3.05, 3.63) is 23.8 Å². The number of rotatable bonds is 15. The van der Waals surface area contributed by atoms with E-state index >= 15 is 0 Å². The Morgan fingerprint density at radius 1 is 1.02 bits per heavy atom. The molecule has 42 heavy (non-hydrogen) atoms. The summed E-state index contributed by atoms with van der Waals surface area (Å²) in [5, 5.41) is 15.2.